The molecule has 1 aromatic rings. The van der Waals surface area contributed by atoms with Crippen molar-refractivity contribution in [3.8, 4) is 11.5 Å². The third-order valence-electron chi connectivity index (χ3n) is 2.05. The van der Waals surface area contributed by atoms with Gasteiger partial charge in [0.25, 0.3) is 0 Å². The van der Waals surface area contributed by atoms with Gasteiger partial charge in [0.1, 0.15) is 0 Å². The Hall–Kier alpha value is -1.71. The van der Waals surface area contributed by atoms with Crippen molar-refractivity contribution in [3.05, 3.63) is 23.8 Å². The molecule has 88 valence electrons. The Kier molecular flexibility index (Phi) is 4.64. The zero-order valence-electron chi connectivity index (χ0n) is 9.53. The van der Waals surface area contributed by atoms with Crippen LogP contribution in [0.1, 0.15) is 18.9 Å². The molecule has 1 aromatic carbocycles. The van der Waals surface area contributed by atoms with Crippen molar-refractivity contribution in [2.24, 2.45) is 0 Å². The topological polar surface area (TPSA) is 55.8 Å². The summed E-state index contributed by atoms with van der Waals surface area (Å²) in [7, 11) is 1.54. The van der Waals surface area contributed by atoms with E-state index in [1.165, 1.54) is 0 Å². The summed E-state index contributed by atoms with van der Waals surface area (Å²) in [5.41, 5.74) is 0.702. The zero-order valence-corrected chi connectivity index (χ0v) is 9.53. The normalized spacial score (nSPS) is 9.88. The van der Waals surface area contributed by atoms with Gasteiger partial charge in [-0.05, 0) is 24.1 Å². The predicted octanol–water partition coefficient (Wildman–Crippen LogP) is 2.11. The molecule has 0 saturated heterocycles. The van der Waals surface area contributed by atoms with Crippen molar-refractivity contribution in [2.75, 3.05) is 13.7 Å². The van der Waals surface area contributed by atoms with E-state index in [2.05, 4.69) is 0 Å². The van der Waals surface area contributed by atoms with Gasteiger partial charge in [-0.15, -0.1) is 0 Å². The van der Waals surface area contributed by atoms with Crippen molar-refractivity contribution < 1.29 is 19.4 Å². The molecule has 16 heavy (non-hydrogen) atoms. The average molecular weight is 224 g/mol. The molecule has 0 radical (unpaired) electrons. The molecule has 0 aliphatic heterocycles. The van der Waals surface area contributed by atoms with E-state index < -0.39 is 5.97 Å². The molecule has 0 heterocycles. The second-order valence-corrected chi connectivity index (χ2v) is 3.40. The minimum Gasteiger partial charge on any atom is -0.493 e. The number of ether oxygens (including phenoxy) is 2. The molecule has 0 aromatic heterocycles. The van der Waals surface area contributed by atoms with Crippen LogP contribution in [-0.2, 0) is 11.2 Å². The predicted molar refractivity (Wildman–Crippen MR) is 60.1 cm³/mol. The van der Waals surface area contributed by atoms with E-state index in [-0.39, 0.29) is 6.42 Å². The van der Waals surface area contributed by atoms with Gasteiger partial charge in [-0.1, -0.05) is 13.0 Å². The van der Waals surface area contributed by atoms with Crippen LogP contribution in [0.5, 0.6) is 11.5 Å². The van der Waals surface area contributed by atoms with E-state index >= 15 is 0 Å². The second-order valence-electron chi connectivity index (χ2n) is 3.40. The fraction of sp³-hybridized carbons (Fsp3) is 0.417. The van der Waals surface area contributed by atoms with E-state index in [4.69, 9.17) is 14.6 Å². The number of carboxylic acid groups (broad SMARTS) is 1. The largest absolute Gasteiger partial charge is 0.493 e. The molecular weight excluding hydrogens is 208 g/mol. The fourth-order valence-electron chi connectivity index (χ4n) is 1.33. The highest BCUT2D eigenvalue weighted by molar-refractivity contribution is 5.70. The molecule has 0 aliphatic rings. The maximum Gasteiger partial charge on any atom is 0.307 e. The minimum atomic E-state index is -0.857. The minimum absolute atomic E-state index is 0.00951. The molecule has 4 nitrogen and oxygen atoms in total. The first-order valence-corrected chi connectivity index (χ1v) is 5.19. The number of rotatable bonds is 6. The number of benzene rings is 1. The van der Waals surface area contributed by atoms with Crippen LogP contribution in [0.25, 0.3) is 0 Å². The third-order valence-corrected chi connectivity index (χ3v) is 2.05. The molecule has 0 unspecified atom stereocenters. The lowest BCUT2D eigenvalue weighted by Crippen LogP contribution is -2.02. The molecule has 1 rings (SSSR count). The van der Waals surface area contributed by atoms with Crippen LogP contribution in [0, 0.1) is 0 Å². The van der Waals surface area contributed by atoms with Crippen molar-refractivity contribution in [1.82, 2.24) is 0 Å². The van der Waals surface area contributed by atoms with Crippen LogP contribution >= 0.6 is 0 Å². The van der Waals surface area contributed by atoms with E-state index in [1.807, 2.05) is 6.92 Å². The smallest absolute Gasteiger partial charge is 0.307 e. The van der Waals surface area contributed by atoms with Crippen LogP contribution in [0.2, 0.25) is 0 Å². The first kappa shape index (κ1) is 12.4. The Bertz CT molecular complexity index is 360. The number of aliphatic carboxylic acids is 1. The first-order valence-electron chi connectivity index (χ1n) is 5.19. The molecule has 0 bridgehead atoms. The van der Waals surface area contributed by atoms with Crippen LogP contribution < -0.4 is 9.47 Å². The lowest BCUT2D eigenvalue weighted by molar-refractivity contribution is -0.136. The number of hydrogen-bond donors (Lipinski definition) is 1. The molecule has 0 aliphatic carbocycles. The Morgan fingerprint density at radius 3 is 2.69 bits per heavy atom. The summed E-state index contributed by atoms with van der Waals surface area (Å²) in [6, 6.07) is 5.17. The lowest BCUT2D eigenvalue weighted by Gasteiger charge is -2.10. The first-order chi connectivity index (χ1) is 7.67. The van der Waals surface area contributed by atoms with Gasteiger partial charge in [-0.3, -0.25) is 4.79 Å². The molecule has 0 saturated carbocycles. The Morgan fingerprint density at radius 2 is 2.12 bits per heavy atom. The van der Waals surface area contributed by atoms with E-state index in [0.717, 1.165) is 6.42 Å². The Labute approximate surface area is 94.8 Å². The van der Waals surface area contributed by atoms with E-state index in [9.17, 15) is 4.79 Å². The average Bonchev–Trinajstić information content (AvgIpc) is 2.26. The highest BCUT2D eigenvalue weighted by atomic mass is 16.5. The van der Waals surface area contributed by atoms with Gasteiger partial charge in [-0.25, -0.2) is 0 Å². The van der Waals surface area contributed by atoms with Crippen LogP contribution in [0.4, 0.5) is 0 Å². The zero-order chi connectivity index (χ0) is 12.0. The highest BCUT2D eigenvalue weighted by Crippen LogP contribution is 2.28. The van der Waals surface area contributed by atoms with Crippen LogP contribution in [0.3, 0.4) is 0 Å². The summed E-state index contributed by atoms with van der Waals surface area (Å²) in [5.74, 6) is 0.370. The molecule has 0 fully saturated rings. The summed E-state index contributed by atoms with van der Waals surface area (Å²) in [4.78, 5) is 10.6. The number of hydrogen-bond acceptors (Lipinski definition) is 3. The summed E-state index contributed by atoms with van der Waals surface area (Å²) in [6.45, 7) is 2.64. The maximum atomic E-state index is 10.6. The quantitative estimate of drug-likeness (QED) is 0.804. The molecule has 0 amide bonds. The van der Waals surface area contributed by atoms with Gasteiger partial charge < -0.3 is 14.6 Å². The van der Waals surface area contributed by atoms with Crippen LogP contribution in [-0.4, -0.2) is 24.8 Å². The van der Waals surface area contributed by atoms with E-state index in [1.54, 1.807) is 25.3 Å². The van der Waals surface area contributed by atoms with Crippen molar-refractivity contribution >= 4 is 5.97 Å². The lowest BCUT2D eigenvalue weighted by atomic mass is 10.1. The molecule has 0 atom stereocenters. The van der Waals surface area contributed by atoms with Gasteiger partial charge in [0, 0.05) is 0 Å². The molecule has 0 spiro atoms. The number of methoxy groups -OCH3 is 1. The summed E-state index contributed by atoms with van der Waals surface area (Å²) in [6.07, 6.45) is 0.907. The second kappa shape index (κ2) is 6.00. The van der Waals surface area contributed by atoms with Crippen molar-refractivity contribution in [1.29, 1.82) is 0 Å². The van der Waals surface area contributed by atoms with Gasteiger partial charge >= 0.3 is 5.97 Å². The van der Waals surface area contributed by atoms with Crippen LogP contribution in [0.15, 0.2) is 18.2 Å². The Morgan fingerprint density at radius 1 is 1.38 bits per heavy atom. The molecule has 4 heteroatoms. The van der Waals surface area contributed by atoms with Gasteiger partial charge in [0.05, 0.1) is 20.1 Å². The third kappa shape index (κ3) is 3.46. The fourth-order valence-corrected chi connectivity index (χ4v) is 1.33. The SMILES string of the molecule is CCCOc1ccc(CC(=O)O)cc1OC. The van der Waals surface area contributed by atoms with Gasteiger partial charge in [0.15, 0.2) is 11.5 Å². The van der Waals surface area contributed by atoms with Crippen molar-refractivity contribution in [3.63, 3.8) is 0 Å². The molecule has 1 N–H and O–H groups in total. The van der Waals surface area contributed by atoms with E-state index in [0.29, 0.717) is 23.7 Å². The monoisotopic (exact) mass is 224 g/mol. The van der Waals surface area contributed by atoms with Gasteiger partial charge in [-0.2, -0.15) is 0 Å². The molecular formula is C12H16O4. The number of carboxylic acids is 1. The summed E-state index contributed by atoms with van der Waals surface area (Å²) in [5, 5.41) is 8.67. The standard InChI is InChI=1S/C12H16O4/c1-3-6-16-10-5-4-9(8-12(13)14)7-11(10)15-2/h4-5,7H,3,6,8H2,1-2H3,(H,13,14). The van der Waals surface area contributed by atoms with Crippen molar-refractivity contribution in [2.45, 2.75) is 19.8 Å². The maximum absolute atomic E-state index is 10.6. The highest BCUT2D eigenvalue weighted by Gasteiger charge is 2.07. The van der Waals surface area contributed by atoms with Gasteiger partial charge in [0.2, 0.25) is 0 Å². The Balaban J connectivity index is 2.83. The number of carbonyl (C=O) groups is 1. The summed E-state index contributed by atoms with van der Waals surface area (Å²) >= 11 is 0. The summed E-state index contributed by atoms with van der Waals surface area (Å²) < 4.78 is 10.6.